The second kappa shape index (κ2) is 11.9. The molecule has 4 nitrogen and oxygen atoms in total. The highest BCUT2D eigenvalue weighted by atomic mass is 79.9. The van der Waals surface area contributed by atoms with Gasteiger partial charge in [0.1, 0.15) is 12.4 Å². The molecule has 1 saturated heterocycles. The number of hydrogen-bond acceptors (Lipinski definition) is 4. The Labute approximate surface area is 226 Å². The molecule has 1 aliphatic rings. The van der Waals surface area contributed by atoms with Crippen molar-refractivity contribution in [2.45, 2.75) is 26.4 Å². The van der Waals surface area contributed by atoms with Crippen LogP contribution in [0.2, 0.25) is 0 Å². The van der Waals surface area contributed by atoms with Crippen LogP contribution in [0.5, 0.6) is 5.75 Å². The summed E-state index contributed by atoms with van der Waals surface area (Å²) in [5.41, 5.74) is 5.03. The first-order chi connectivity index (χ1) is 16.9. The number of ether oxygens (including phenoxy) is 1. The van der Waals surface area contributed by atoms with Crippen molar-refractivity contribution in [1.82, 2.24) is 5.32 Å². The second-order valence-electron chi connectivity index (χ2n) is 7.90. The third-order valence-electron chi connectivity index (χ3n) is 5.33. The van der Waals surface area contributed by atoms with E-state index in [1.807, 2.05) is 60.7 Å². The van der Waals surface area contributed by atoms with E-state index in [9.17, 15) is 4.79 Å². The lowest BCUT2D eigenvalue weighted by Gasteiger charge is -2.14. The van der Waals surface area contributed by atoms with E-state index in [1.165, 1.54) is 17.3 Å². The topological polar surface area (TPSA) is 50.7 Å². The van der Waals surface area contributed by atoms with E-state index in [4.69, 9.17) is 4.74 Å². The van der Waals surface area contributed by atoms with Gasteiger partial charge in [0, 0.05) is 4.47 Å². The van der Waals surface area contributed by atoms with Crippen LogP contribution in [0.3, 0.4) is 0 Å². The van der Waals surface area contributed by atoms with Gasteiger partial charge in [-0.15, -0.1) is 6.58 Å². The zero-order valence-electron chi connectivity index (χ0n) is 19.2. The van der Waals surface area contributed by atoms with E-state index >= 15 is 0 Å². The number of aryl methyl sites for hydroxylation is 1. The molecule has 178 valence electrons. The van der Waals surface area contributed by atoms with Crippen molar-refractivity contribution in [3.05, 3.63) is 109 Å². The Balaban J connectivity index is 1.54. The first kappa shape index (κ1) is 25.5. The van der Waals surface area contributed by atoms with Crippen LogP contribution in [-0.2, 0) is 24.2 Å². The van der Waals surface area contributed by atoms with Gasteiger partial charge in [-0.2, -0.15) is 0 Å². The van der Waals surface area contributed by atoms with E-state index in [2.05, 4.69) is 67.8 Å². The molecule has 0 unspecified atom stereocenters. The monoisotopic (exact) mass is 610 g/mol. The number of rotatable bonds is 8. The van der Waals surface area contributed by atoms with E-state index in [-0.39, 0.29) is 5.91 Å². The summed E-state index contributed by atoms with van der Waals surface area (Å²) in [4.78, 5) is 17.8. The Bertz CT molecular complexity index is 1300. The van der Waals surface area contributed by atoms with Gasteiger partial charge in [0.05, 0.1) is 15.1 Å². The highest BCUT2D eigenvalue weighted by molar-refractivity contribution is 9.10. The SMILES string of the molecule is C=CCc1cc(/C=C2\SC(=Nc3ccc(CC)cc3)NC2=O)cc(Br)c1OCc1ccc(Br)cc1. The van der Waals surface area contributed by atoms with Gasteiger partial charge >= 0.3 is 0 Å². The van der Waals surface area contributed by atoms with Gasteiger partial charge < -0.3 is 10.1 Å². The molecule has 1 heterocycles. The van der Waals surface area contributed by atoms with Crippen molar-refractivity contribution < 1.29 is 9.53 Å². The summed E-state index contributed by atoms with van der Waals surface area (Å²) in [6, 6.07) is 20.1. The summed E-state index contributed by atoms with van der Waals surface area (Å²) < 4.78 is 8.02. The molecule has 4 rings (SSSR count). The fourth-order valence-electron chi connectivity index (χ4n) is 3.52. The Kier molecular flexibility index (Phi) is 8.65. The zero-order chi connectivity index (χ0) is 24.8. The number of thioether (sulfide) groups is 1. The maximum absolute atomic E-state index is 12.6. The second-order valence-corrected chi connectivity index (χ2v) is 10.7. The van der Waals surface area contributed by atoms with E-state index in [1.54, 1.807) is 0 Å². The molecule has 0 spiro atoms. The number of allylic oxidation sites excluding steroid dienone is 1. The van der Waals surface area contributed by atoms with Gasteiger partial charge in [-0.05, 0) is 105 Å². The van der Waals surface area contributed by atoms with E-state index in [0.29, 0.717) is 23.1 Å². The fourth-order valence-corrected chi connectivity index (χ4v) is 5.26. The zero-order valence-corrected chi connectivity index (χ0v) is 23.2. The number of halogens is 2. The fraction of sp³-hybridized carbons (Fsp3) is 0.143. The number of nitrogens with one attached hydrogen (secondary N) is 1. The summed E-state index contributed by atoms with van der Waals surface area (Å²) >= 11 is 8.45. The molecule has 35 heavy (non-hydrogen) atoms. The molecule has 1 fully saturated rings. The molecule has 0 aromatic heterocycles. The molecule has 7 heteroatoms. The molecule has 1 N–H and O–H groups in total. The normalized spacial score (nSPS) is 15.5. The molecule has 0 bridgehead atoms. The third-order valence-corrected chi connectivity index (χ3v) is 7.35. The van der Waals surface area contributed by atoms with Crippen molar-refractivity contribution in [2.75, 3.05) is 0 Å². The van der Waals surface area contributed by atoms with Gasteiger partial charge in [-0.1, -0.05) is 53.2 Å². The lowest BCUT2D eigenvalue weighted by molar-refractivity contribution is -0.115. The van der Waals surface area contributed by atoms with Crippen molar-refractivity contribution in [3.63, 3.8) is 0 Å². The van der Waals surface area contributed by atoms with Crippen molar-refractivity contribution in [3.8, 4) is 5.75 Å². The minimum atomic E-state index is -0.157. The van der Waals surface area contributed by atoms with E-state index in [0.717, 1.165) is 43.5 Å². The molecule has 0 aliphatic carbocycles. The van der Waals surface area contributed by atoms with Crippen molar-refractivity contribution in [2.24, 2.45) is 4.99 Å². The molecule has 1 amide bonds. The quantitative estimate of drug-likeness (QED) is 0.208. The minimum absolute atomic E-state index is 0.157. The highest BCUT2D eigenvalue weighted by Gasteiger charge is 2.24. The Morgan fingerprint density at radius 3 is 2.46 bits per heavy atom. The summed E-state index contributed by atoms with van der Waals surface area (Å²) in [5, 5.41) is 3.43. The van der Waals surface area contributed by atoms with Crippen molar-refractivity contribution >= 4 is 66.5 Å². The molecule has 1 aliphatic heterocycles. The number of carbonyl (C=O) groups is 1. The largest absolute Gasteiger partial charge is 0.487 e. The summed E-state index contributed by atoms with van der Waals surface area (Å²) in [5.74, 6) is 0.618. The van der Waals surface area contributed by atoms with Crippen LogP contribution in [0.25, 0.3) is 6.08 Å². The van der Waals surface area contributed by atoms with Crippen molar-refractivity contribution in [1.29, 1.82) is 0 Å². The van der Waals surface area contributed by atoms with Gasteiger partial charge in [0.2, 0.25) is 0 Å². The summed E-state index contributed by atoms with van der Waals surface area (Å²) in [7, 11) is 0. The van der Waals surface area contributed by atoms with Crippen LogP contribution in [-0.4, -0.2) is 11.1 Å². The number of hydrogen-bond donors (Lipinski definition) is 1. The Hall–Kier alpha value is -2.61. The van der Waals surface area contributed by atoms with Gasteiger partial charge in [-0.3, -0.25) is 4.79 Å². The van der Waals surface area contributed by atoms with Crippen LogP contribution in [0.4, 0.5) is 5.69 Å². The average molecular weight is 612 g/mol. The average Bonchev–Trinajstić information content (AvgIpc) is 3.18. The lowest BCUT2D eigenvalue weighted by Crippen LogP contribution is -2.19. The van der Waals surface area contributed by atoms with Crippen LogP contribution < -0.4 is 10.1 Å². The lowest BCUT2D eigenvalue weighted by atomic mass is 10.1. The predicted molar refractivity (Wildman–Crippen MR) is 153 cm³/mol. The third kappa shape index (κ3) is 6.75. The molecule has 0 saturated carbocycles. The molecular formula is C28H24Br2N2O2S. The Morgan fingerprint density at radius 1 is 1.06 bits per heavy atom. The van der Waals surface area contributed by atoms with Crippen LogP contribution in [0, 0.1) is 0 Å². The maximum Gasteiger partial charge on any atom is 0.264 e. The molecular weight excluding hydrogens is 588 g/mol. The van der Waals surface area contributed by atoms with Crippen LogP contribution in [0.15, 0.2) is 92.2 Å². The van der Waals surface area contributed by atoms with Crippen LogP contribution >= 0.6 is 43.6 Å². The first-order valence-corrected chi connectivity index (χ1v) is 13.5. The summed E-state index contributed by atoms with van der Waals surface area (Å²) in [6.07, 6.45) is 5.34. The summed E-state index contributed by atoms with van der Waals surface area (Å²) in [6.45, 7) is 6.45. The molecule has 0 radical (unpaired) electrons. The number of amidine groups is 1. The molecule has 0 atom stereocenters. The number of carbonyl (C=O) groups excluding carboxylic acids is 1. The Morgan fingerprint density at radius 2 is 1.77 bits per heavy atom. The van der Waals surface area contributed by atoms with Gasteiger partial charge in [0.25, 0.3) is 5.91 Å². The number of benzene rings is 3. The first-order valence-electron chi connectivity index (χ1n) is 11.1. The number of nitrogens with zero attached hydrogens (tertiary/aromatic N) is 1. The maximum atomic E-state index is 12.6. The smallest absolute Gasteiger partial charge is 0.264 e. The van der Waals surface area contributed by atoms with Gasteiger partial charge in [0.15, 0.2) is 5.17 Å². The highest BCUT2D eigenvalue weighted by Crippen LogP contribution is 2.35. The minimum Gasteiger partial charge on any atom is -0.487 e. The standard InChI is InChI=1S/C28H24Br2N2O2S/c1-3-5-21-14-20(15-24(30)26(21)34-17-19-6-10-22(29)11-7-19)16-25-27(33)32-28(35-25)31-23-12-8-18(4-2)9-13-23/h3,6-16H,1,4-5,17H2,2H3,(H,31,32,33)/b25-16-. The van der Waals surface area contributed by atoms with Gasteiger partial charge in [-0.25, -0.2) is 4.99 Å². The molecule has 3 aromatic carbocycles. The number of amides is 1. The predicted octanol–water partition coefficient (Wildman–Crippen LogP) is 7.97. The van der Waals surface area contributed by atoms with E-state index < -0.39 is 0 Å². The number of aliphatic imine (C=N–C) groups is 1. The molecule has 3 aromatic rings. The van der Waals surface area contributed by atoms with Crippen LogP contribution in [0.1, 0.15) is 29.2 Å².